The molecule has 1 spiro atoms. The third-order valence-corrected chi connectivity index (χ3v) is 4.03. The van der Waals surface area contributed by atoms with Crippen LogP contribution in [0, 0.1) is 18.3 Å². The van der Waals surface area contributed by atoms with Crippen LogP contribution in [0.4, 0.5) is 0 Å². The van der Waals surface area contributed by atoms with Crippen LogP contribution in [0.25, 0.3) is 0 Å². The van der Waals surface area contributed by atoms with Crippen LogP contribution >= 0.6 is 0 Å². The van der Waals surface area contributed by atoms with E-state index >= 15 is 0 Å². The van der Waals surface area contributed by atoms with Crippen LogP contribution in [-0.2, 0) is 0 Å². The maximum atomic E-state index is 10.2. The summed E-state index contributed by atoms with van der Waals surface area (Å²) in [5.74, 6) is 0.559. The van der Waals surface area contributed by atoms with Gasteiger partial charge in [-0.25, -0.2) is 0 Å². The van der Waals surface area contributed by atoms with E-state index < -0.39 is 0 Å². The van der Waals surface area contributed by atoms with Crippen LogP contribution in [0.15, 0.2) is 24.3 Å². The highest BCUT2D eigenvalue weighted by atomic mass is 16.3. The highest BCUT2D eigenvalue weighted by Gasteiger charge is 2.65. The second-order valence-corrected chi connectivity index (χ2v) is 4.97. The largest absolute Gasteiger partial charge is 0.388 e. The average Bonchev–Trinajstić information content (AvgIpc) is 3.08. The van der Waals surface area contributed by atoms with E-state index in [4.69, 9.17) is 0 Å². The third-order valence-electron chi connectivity index (χ3n) is 4.03. The van der Waals surface area contributed by atoms with Crippen LogP contribution in [0.5, 0.6) is 0 Å². The van der Waals surface area contributed by atoms with Gasteiger partial charge in [-0.3, -0.25) is 0 Å². The van der Waals surface area contributed by atoms with Crippen molar-refractivity contribution in [3.8, 4) is 0 Å². The van der Waals surface area contributed by atoms with Gasteiger partial charge in [0.25, 0.3) is 0 Å². The van der Waals surface area contributed by atoms with E-state index in [-0.39, 0.29) is 6.10 Å². The van der Waals surface area contributed by atoms with E-state index in [9.17, 15) is 5.11 Å². The number of aryl methyl sites for hydroxylation is 1. The van der Waals surface area contributed by atoms with Gasteiger partial charge in [-0.2, -0.15) is 0 Å². The van der Waals surface area contributed by atoms with E-state index in [1.54, 1.807) is 0 Å². The molecule has 2 aliphatic carbocycles. The fourth-order valence-corrected chi connectivity index (χ4v) is 2.70. The van der Waals surface area contributed by atoms with Crippen molar-refractivity contribution in [3.63, 3.8) is 0 Å². The molecule has 2 saturated carbocycles. The molecule has 0 heterocycles. The fraction of sp³-hybridized carbons (Fsp3) is 0.538. The first-order chi connectivity index (χ1) is 6.73. The second kappa shape index (κ2) is 2.60. The second-order valence-electron chi connectivity index (χ2n) is 4.97. The number of benzene rings is 1. The summed E-state index contributed by atoms with van der Waals surface area (Å²) >= 11 is 0. The van der Waals surface area contributed by atoms with Gasteiger partial charge in [0.1, 0.15) is 0 Å². The van der Waals surface area contributed by atoms with Crippen molar-refractivity contribution in [3.05, 3.63) is 35.4 Å². The van der Waals surface area contributed by atoms with Crippen LogP contribution < -0.4 is 0 Å². The molecule has 0 bridgehead atoms. The van der Waals surface area contributed by atoms with Crippen molar-refractivity contribution in [2.24, 2.45) is 11.3 Å². The first-order valence-electron chi connectivity index (χ1n) is 5.47. The van der Waals surface area contributed by atoms with Crippen molar-refractivity contribution in [1.82, 2.24) is 0 Å². The number of hydrogen-bond donors (Lipinski definition) is 1. The monoisotopic (exact) mass is 188 g/mol. The van der Waals surface area contributed by atoms with Crippen molar-refractivity contribution in [2.75, 3.05) is 0 Å². The minimum absolute atomic E-state index is 0.210. The molecule has 14 heavy (non-hydrogen) atoms. The van der Waals surface area contributed by atoms with Gasteiger partial charge in [0.2, 0.25) is 0 Å². The molecule has 1 heteroatoms. The number of hydrogen-bond acceptors (Lipinski definition) is 1. The molecule has 0 radical (unpaired) electrons. The minimum Gasteiger partial charge on any atom is -0.388 e. The van der Waals surface area contributed by atoms with E-state index in [1.807, 2.05) is 12.1 Å². The molecule has 0 saturated heterocycles. The van der Waals surface area contributed by atoms with E-state index in [2.05, 4.69) is 19.1 Å². The van der Waals surface area contributed by atoms with Gasteiger partial charge < -0.3 is 5.11 Å². The van der Waals surface area contributed by atoms with Gasteiger partial charge in [0.05, 0.1) is 6.10 Å². The highest BCUT2D eigenvalue weighted by molar-refractivity contribution is 5.31. The lowest BCUT2D eigenvalue weighted by molar-refractivity contribution is 0.144. The van der Waals surface area contributed by atoms with Gasteiger partial charge in [-0.05, 0) is 48.6 Å². The lowest BCUT2D eigenvalue weighted by atomic mass is 9.99. The summed E-state index contributed by atoms with van der Waals surface area (Å²) in [6.45, 7) is 2.08. The molecule has 74 valence electrons. The Morgan fingerprint density at radius 2 is 2.07 bits per heavy atom. The summed E-state index contributed by atoms with van der Waals surface area (Å²) in [5.41, 5.74) is 2.95. The van der Waals surface area contributed by atoms with Gasteiger partial charge >= 0.3 is 0 Å². The Kier molecular flexibility index (Phi) is 1.58. The van der Waals surface area contributed by atoms with Crippen molar-refractivity contribution in [1.29, 1.82) is 0 Å². The Bertz CT molecular complexity index is 365. The number of aliphatic hydroxyl groups excluding tert-OH is 1. The van der Waals surface area contributed by atoms with E-state index in [0.29, 0.717) is 11.3 Å². The minimum atomic E-state index is -0.210. The van der Waals surface area contributed by atoms with E-state index in [1.165, 1.54) is 24.8 Å². The predicted octanol–water partition coefficient (Wildman–Crippen LogP) is 2.83. The summed E-state index contributed by atoms with van der Waals surface area (Å²) < 4.78 is 0. The zero-order chi connectivity index (χ0) is 9.76. The van der Waals surface area contributed by atoms with Gasteiger partial charge in [-0.15, -0.1) is 0 Å². The quantitative estimate of drug-likeness (QED) is 0.756. The zero-order valence-corrected chi connectivity index (χ0v) is 8.53. The molecule has 2 fully saturated rings. The Morgan fingerprint density at radius 1 is 1.36 bits per heavy atom. The Hall–Kier alpha value is -0.820. The average molecular weight is 188 g/mol. The predicted molar refractivity (Wildman–Crippen MR) is 55.9 cm³/mol. The first-order valence-corrected chi connectivity index (χ1v) is 5.47. The van der Waals surface area contributed by atoms with Gasteiger partial charge in [0, 0.05) is 0 Å². The van der Waals surface area contributed by atoms with Crippen LogP contribution in [-0.4, -0.2) is 5.11 Å². The maximum Gasteiger partial charge on any atom is 0.0826 e. The van der Waals surface area contributed by atoms with E-state index in [0.717, 1.165) is 5.56 Å². The fourth-order valence-electron chi connectivity index (χ4n) is 2.70. The molecule has 1 aromatic carbocycles. The molecule has 1 N–H and O–H groups in total. The third kappa shape index (κ3) is 1.12. The SMILES string of the molecule is Cc1ccccc1C(O)C1CC12CC2. The van der Waals surface area contributed by atoms with Gasteiger partial charge in [-0.1, -0.05) is 24.3 Å². The molecule has 2 unspecified atom stereocenters. The summed E-state index contributed by atoms with van der Waals surface area (Å²) in [7, 11) is 0. The molecule has 3 rings (SSSR count). The molecule has 0 aromatic heterocycles. The van der Waals surface area contributed by atoms with Crippen LogP contribution in [0.1, 0.15) is 36.5 Å². The molecule has 2 atom stereocenters. The molecule has 0 amide bonds. The highest BCUT2D eigenvalue weighted by Crippen LogP contribution is 2.73. The number of rotatable bonds is 2. The Morgan fingerprint density at radius 3 is 2.64 bits per heavy atom. The summed E-state index contributed by atoms with van der Waals surface area (Å²) in [4.78, 5) is 0. The Labute approximate surface area is 84.8 Å². The summed E-state index contributed by atoms with van der Waals surface area (Å²) in [5, 5.41) is 10.2. The van der Waals surface area contributed by atoms with Crippen molar-refractivity contribution >= 4 is 0 Å². The van der Waals surface area contributed by atoms with Gasteiger partial charge in [0.15, 0.2) is 0 Å². The lowest BCUT2D eigenvalue weighted by Gasteiger charge is -2.13. The molecule has 1 nitrogen and oxygen atoms in total. The molecular formula is C13H16O. The lowest BCUT2D eigenvalue weighted by Crippen LogP contribution is -2.03. The molecular weight excluding hydrogens is 172 g/mol. The Balaban J connectivity index is 1.85. The normalized spacial score (nSPS) is 28.9. The summed E-state index contributed by atoms with van der Waals surface area (Å²) in [6.07, 6.45) is 3.74. The topological polar surface area (TPSA) is 20.2 Å². The zero-order valence-electron chi connectivity index (χ0n) is 8.53. The van der Waals surface area contributed by atoms with Crippen LogP contribution in [0.2, 0.25) is 0 Å². The molecule has 2 aliphatic rings. The van der Waals surface area contributed by atoms with Crippen molar-refractivity contribution in [2.45, 2.75) is 32.3 Å². The number of aliphatic hydroxyl groups is 1. The molecule has 0 aliphatic heterocycles. The molecule has 1 aromatic rings. The smallest absolute Gasteiger partial charge is 0.0826 e. The maximum absolute atomic E-state index is 10.2. The van der Waals surface area contributed by atoms with Crippen LogP contribution in [0.3, 0.4) is 0 Å². The summed E-state index contributed by atoms with van der Waals surface area (Å²) in [6, 6.07) is 8.20. The van der Waals surface area contributed by atoms with Crippen molar-refractivity contribution < 1.29 is 5.11 Å². The first kappa shape index (κ1) is 8.49. The standard InChI is InChI=1S/C13H16O/c1-9-4-2-3-5-10(9)12(14)11-8-13(11)6-7-13/h2-5,11-12,14H,6-8H2,1H3.